The molecule has 0 radical (unpaired) electrons. The van der Waals surface area contributed by atoms with E-state index in [4.69, 9.17) is 0 Å². The zero-order valence-corrected chi connectivity index (χ0v) is 17.0. The molecule has 3 aromatic rings. The monoisotopic (exact) mass is 417 g/mol. The smallest absolute Gasteiger partial charge is 0.281 e. The Kier molecular flexibility index (Phi) is 6.09. The summed E-state index contributed by atoms with van der Waals surface area (Å²) in [5.41, 5.74) is 2.45. The number of aliphatic hydroxyl groups is 1. The first-order chi connectivity index (χ1) is 15.1. The number of amides is 1. The van der Waals surface area contributed by atoms with E-state index in [2.05, 4.69) is 10.5 Å². The predicted molar refractivity (Wildman–Crippen MR) is 119 cm³/mol. The van der Waals surface area contributed by atoms with Crippen LogP contribution < -0.4 is 10.3 Å². The van der Waals surface area contributed by atoms with Crippen LogP contribution >= 0.6 is 0 Å². The number of hydrogen-bond acceptors (Lipinski definition) is 4. The fourth-order valence-electron chi connectivity index (χ4n) is 3.85. The third kappa shape index (κ3) is 4.34. The van der Waals surface area contributed by atoms with Crippen LogP contribution in [0.25, 0.3) is 0 Å². The van der Waals surface area contributed by atoms with Crippen molar-refractivity contribution < 1.29 is 14.3 Å². The summed E-state index contributed by atoms with van der Waals surface area (Å²) < 4.78 is 14.5. The topological polar surface area (TPSA) is 64.9 Å². The van der Waals surface area contributed by atoms with Gasteiger partial charge in [-0.05, 0) is 41.7 Å². The number of benzene rings is 3. The maximum atomic E-state index is 14.5. The van der Waals surface area contributed by atoms with Crippen molar-refractivity contribution in [2.75, 3.05) is 18.0 Å². The highest BCUT2D eigenvalue weighted by atomic mass is 19.1. The molecule has 158 valence electrons. The van der Waals surface area contributed by atoms with Crippen LogP contribution in [0.5, 0.6) is 0 Å². The van der Waals surface area contributed by atoms with Gasteiger partial charge in [0.15, 0.2) is 5.60 Å². The molecule has 1 heterocycles. The molecular weight excluding hydrogens is 393 g/mol. The molecule has 5 nitrogen and oxygen atoms in total. The second-order valence-corrected chi connectivity index (χ2v) is 7.55. The zero-order valence-electron chi connectivity index (χ0n) is 17.0. The first kappa shape index (κ1) is 20.8. The number of nitrogens with zero attached hydrogens (tertiary/aromatic N) is 2. The molecule has 6 heteroatoms. The average molecular weight is 417 g/mol. The number of carbonyl (C=O) groups excluding carboxylic acids is 1. The average Bonchev–Trinajstić information content (AvgIpc) is 3.34. The molecule has 1 amide bonds. The van der Waals surface area contributed by atoms with Gasteiger partial charge < -0.3 is 10.0 Å². The van der Waals surface area contributed by atoms with E-state index >= 15 is 0 Å². The molecule has 0 unspecified atom stereocenters. The Hall–Kier alpha value is -3.51. The molecule has 0 saturated carbocycles. The molecule has 0 atom stereocenters. The van der Waals surface area contributed by atoms with Crippen molar-refractivity contribution >= 4 is 17.8 Å². The van der Waals surface area contributed by atoms with Crippen molar-refractivity contribution in [3.8, 4) is 0 Å². The number of hydrogen-bond donors (Lipinski definition) is 2. The Bertz CT molecular complexity index is 1030. The number of nitrogens with one attached hydrogen (secondary N) is 1. The molecule has 1 fully saturated rings. The Morgan fingerprint density at radius 2 is 1.55 bits per heavy atom. The van der Waals surface area contributed by atoms with Crippen LogP contribution in [0.4, 0.5) is 10.1 Å². The SMILES string of the molecule is O=C(N/N=C/c1ccc(N2CCCC2)c(F)c1)C(O)(c1ccccc1)c1ccccc1. The van der Waals surface area contributed by atoms with E-state index in [1.54, 1.807) is 60.7 Å². The maximum absolute atomic E-state index is 14.5. The largest absolute Gasteiger partial charge is 0.372 e. The third-order valence-electron chi connectivity index (χ3n) is 5.51. The van der Waals surface area contributed by atoms with Gasteiger partial charge in [-0.15, -0.1) is 0 Å². The standard InChI is InChI=1S/C25H24FN3O2/c26-22-17-19(13-14-23(22)29-15-7-8-16-29)18-27-28-24(30)25(31,20-9-3-1-4-10-20)21-11-5-2-6-12-21/h1-6,9-14,17-18,31H,7-8,15-16H2,(H,28,30)/b27-18+. The maximum Gasteiger partial charge on any atom is 0.281 e. The minimum Gasteiger partial charge on any atom is -0.372 e. The fourth-order valence-corrected chi connectivity index (χ4v) is 3.85. The van der Waals surface area contributed by atoms with Gasteiger partial charge in [-0.25, -0.2) is 9.82 Å². The Labute approximate surface area is 180 Å². The van der Waals surface area contributed by atoms with Crippen LogP contribution in [0.1, 0.15) is 29.5 Å². The number of hydrazone groups is 1. The highest BCUT2D eigenvalue weighted by Gasteiger charge is 2.39. The molecule has 2 N–H and O–H groups in total. The first-order valence-corrected chi connectivity index (χ1v) is 10.3. The van der Waals surface area contributed by atoms with E-state index in [-0.39, 0.29) is 5.82 Å². The summed E-state index contributed by atoms with van der Waals surface area (Å²) in [4.78, 5) is 15.0. The quantitative estimate of drug-likeness (QED) is 0.474. The molecule has 31 heavy (non-hydrogen) atoms. The Morgan fingerprint density at radius 3 is 2.10 bits per heavy atom. The third-order valence-corrected chi connectivity index (χ3v) is 5.51. The van der Waals surface area contributed by atoms with E-state index < -0.39 is 11.5 Å². The van der Waals surface area contributed by atoms with Gasteiger partial charge in [0.05, 0.1) is 11.9 Å². The second-order valence-electron chi connectivity index (χ2n) is 7.55. The molecule has 1 saturated heterocycles. The van der Waals surface area contributed by atoms with E-state index in [0.29, 0.717) is 22.4 Å². The normalized spacial score (nSPS) is 14.2. The van der Waals surface area contributed by atoms with Gasteiger partial charge in [0.1, 0.15) is 5.82 Å². The molecule has 0 bridgehead atoms. The Morgan fingerprint density at radius 1 is 0.968 bits per heavy atom. The molecule has 0 spiro atoms. The lowest BCUT2D eigenvalue weighted by Crippen LogP contribution is -2.43. The lowest BCUT2D eigenvalue weighted by atomic mass is 9.85. The minimum absolute atomic E-state index is 0.317. The van der Waals surface area contributed by atoms with Gasteiger partial charge in [0, 0.05) is 13.1 Å². The second kappa shape index (κ2) is 9.10. The fraction of sp³-hybridized carbons (Fsp3) is 0.200. The summed E-state index contributed by atoms with van der Waals surface area (Å²) >= 11 is 0. The number of carbonyl (C=O) groups is 1. The zero-order chi connectivity index (χ0) is 21.7. The van der Waals surface area contributed by atoms with E-state index in [1.807, 2.05) is 17.0 Å². The van der Waals surface area contributed by atoms with Crippen LogP contribution in [0.3, 0.4) is 0 Å². The van der Waals surface area contributed by atoms with Gasteiger partial charge in [0.25, 0.3) is 5.91 Å². The van der Waals surface area contributed by atoms with Crippen molar-refractivity contribution in [2.24, 2.45) is 5.10 Å². The summed E-state index contributed by atoms with van der Waals surface area (Å²) in [6, 6.07) is 22.3. The lowest BCUT2D eigenvalue weighted by molar-refractivity contribution is -0.136. The predicted octanol–water partition coefficient (Wildman–Crippen LogP) is 3.81. The van der Waals surface area contributed by atoms with Crippen LogP contribution in [-0.4, -0.2) is 30.3 Å². The van der Waals surface area contributed by atoms with Crippen LogP contribution in [0.15, 0.2) is 84.0 Å². The number of rotatable bonds is 6. The van der Waals surface area contributed by atoms with Crippen LogP contribution in [0.2, 0.25) is 0 Å². The van der Waals surface area contributed by atoms with Crippen molar-refractivity contribution in [1.29, 1.82) is 0 Å². The Balaban J connectivity index is 1.53. The summed E-state index contributed by atoms with van der Waals surface area (Å²) in [6.07, 6.45) is 3.51. The summed E-state index contributed by atoms with van der Waals surface area (Å²) in [5.74, 6) is -1.02. The van der Waals surface area contributed by atoms with Gasteiger partial charge in [-0.2, -0.15) is 5.10 Å². The minimum atomic E-state index is -1.91. The van der Waals surface area contributed by atoms with Crippen LogP contribution in [-0.2, 0) is 10.4 Å². The summed E-state index contributed by atoms with van der Waals surface area (Å²) in [5, 5.41) is 15.3. The molecular formula is C25H24FN3O2. The highest BCUT2D eigenvalue weighted by Crippen LogP contribution is 2.30. The van der Waals surface area contributed by atoms with Crippen molar-refractivity contribution in [3.63, 3.8) is 0 Å². The van der Waals surface area contributed by atoms with Crippen LogP contribution in [0, 0.1) is 5.82 Å². The highest BCUT2D eigenvalue weighted by molar-refractivity contribution is 5.91. The van der Waals surface area contributed by atoms with Gasteiger partial charge >= 0.3 is 0 Å². The van der Waals surface area contributed by atoms with Crippen molar-refractivity contribution in [1.82, 2.24) is 5.43 Å². The van der Waals surface area contributed by atoms with Gasteiger partial charge in [-0.3, -0.25) is 4.79 Å². The van der Waals surface area contributed by atoms with Gasteiger partial charge in [0.2, 0.25) is 0 Å². The van der Waals surface area contributed by atoms with E-state index in [0.717, 1.165) is 25.9 Å². The van der Waals surface area contributed by atoms with Gasteiger partial charge in [-0.1, -0.05) is 66.7 Å². The number of halogens is 1. The van der Waals surface area contributed by atoms with E-state index in [1.165, 1.54) is 12.3 Å². The first-order valence-electron chi connectivity index (χ1n) is 10.3. The summed E-state index contributed by atoms with van der Waals surface area (Å²) in [7, 11) is 0. The van der Waals surface area contributed by atoms with Crippen molar-refractivity contribution in [3.05, 3.63) is 101 Å². The van der Waals surface area contributed by atoms with E-state index in [9.17, 15) is 14.3 Å². The summed E-state index contributed by atoms with van der Waals surface area (Å²) in [6.45, 7) is 1.72. The molecule has 0 aromatic heterocycles. The molecule has 1 aliphatic heterocycles. The molecule has 1 aliphatic rings. The molecule has 0 aliphatic carbocycles. The molecule has 4 rings (SSSR count). The van der Waals surface area contributed by atoms with Crippen molar-refractivity contribution in [2.45, 2.75) is 18.4 Å². The molecule has 3 aromatic carbocycles. The number of anilines is 1. The lowest BCUT2D eigenvalue weighted by Gasteiger charge is -2.27.